The molecular weight excluding hydrogens is 376 g/mol. The van der Waals surface area contributed by atoms with Crippen LogP contribution in [0.25, 0.3) is 0 Å². The number of anilines is 1. The average Bonchev–Trinajstić information content (AvgIpc) is 3.04. The van der Waals surface area contributed by atoms with Gasteiger partial charge in [0.15, 0.2) is 0 Å². The Morgan fingerprint density at radius 1 is 1.39 bits per heavy atom. The fourth-order valence-electron chi connectivity index (χ4n) is 2.32. The lowest BCUT2D eigenvalue weighted by atomic mass is 10.2. The fraction of sp³-hybridized carbons (Fsp3) is 0.294. The Kier molecular flexibility index (Phi) is 5.23. The molecule has 1 saturated heterocycles. The highest BCUT2D eigenvalue weighted by Crippen LogP contribution is 2.23. The summed E-state index contributed by atoms with van der Waals surface area (Å²) in [6, 6.07) is 9.24. The van der Waals surface area contributed by atoms with Gasteiger partial charge in [-0.2, -0.15) is 11.8 Å². The largest absolute Gasteiger partial charge is 0.473 e. The van der Waals surface area contributed by atoms with Gasteiger partial charge in [-0.25, -0.2) is 4.98 Å². The number of hydrogen-bond donors (Lipinski definition) is 1. The van der Waals surface area contributed by atoms with Crippen molar-refractivity contribution in [2.45, 2.75) is 19.4 Å². The van der Waals surface area contributed by atoms with Gasteiger partial charge in [0, 0.05) is 28.2 Å². The van der Waals surface area contributed by atoms with Crippen LogP contribution in [0, 0.1) is 6.92 Å². The van der Waals surface area contributed by atoms with Gasteiger partial charge in [-0.3, -0.25) is 4.79 Å². The van der Waals surface area contributed by atoms with Crippen LogP contribution in [-0.4, -0.2) is 28.5 Å². The molecular formula is C17H17BrN2O2S. The SMILES string of the molecule is Cc1cc(Br)ccc1NC(=O)c1ccc(O[C@@H]2CCSC2)nc1. The number of aryl methyl sites for hydroxylation is 1. The number of carbonyl (C=O) groups excluding carboxylic acids is 1. The topological polar surface area (TPSA) is 51.2 Å². The molecule has 120 valence electrons. The average molecular weight is 393 g/mol. The van der Waals surface area contributed by atoms with Crippen LogP contribution in [0.3, 0.4) is 0 Å². The molecule has 1 aromatic carbocycles. The van der Waals surface area contributed by atoms with Crippen LogP contribution in [0.2, 0.25) is 0 Å². The number of amides is 1. The molecule has 3 rings (SSSR count). The molecule has 0 unspecified atom stereocenters. The summed E-state index contributed by atoms with van der Waals surface area (Å²) in [5, 5.41) is 2.90. The summed E-state index contributed by atoms with van der Waals surface area (Å²) >= 11 is 5.31. The lowest BCUT2D eigenvalue weighted by Gasteiger charge is -2.12. The van der Waals surface area contributed by atoms with Gasteiger partial charge in [0.05, 0.1) is 5.56 Å². The maximum Gasteiger partial charge on any atom is 0.257 e. The zero-order chi connectivity index (χ0) is 16.2. The molecule has 6 heteroatoms. The zero-order valence-electron chi connectivity index (χ0n) is 12.7. The van der Waals surface area contributed by atoms with Crippen molar-refractivity contribution in [3.05, 3.63) is 52.1 Å². The molecule has 1 N–H and O–H groups in total. The summed E-state index contributed by atoms with van der Waals surface area (Å²) in [6.45, 7) is 1.95. The second-order valence-corrected chi connectivity index (χ2v) is 7.47. The summed E-state index contributed by atoms with van der Waals surface area (Å²) in [7, 11) is 0. The minimum atomic E-state index is -0.175. The quantitative estimate of drug-likeness (QED) is 0.842. The second-order valence-electron chi connectivity index (χ2n) is 5.40. The molecule has 0 spiro atoms. The fourth-order valence-corrected chi connectivity index (χ4v) is 3.89. The number of nitrogens with zero attached hydrogens (tertiary/aromatic N) is 1. The first kappa shape index (κ1) is 16.3. The summed E-state index contributed by atoms with van der Waals surface area (Å²) in [4.78, 5) is 16.5. The maximum absolute atomic E-state index is 12.3. The highest BCUT2D eigenvalue weighted by atomic mass is 79.9. The first-order valence-electron chi connectivity index (χ1n) is 7.40. The van der Waals surface area contributed by atoms with E-state index in [0.29, 0.717) is 11.4 Å². The van der Waals surface area contributed by atoms with Crippen LogP contribution in [0.15, 0.2) is 41.0 Å². The molecule has 1 aromatic heterocycles. The lowest BCUT2D eigenvalue weighted by molar-refractivity contribution is 0.102. The van der Waals surface area contributed by atoms with Gasteiger partial charge in [-0.05, 0) is 48.9 Å². The van der Waals surface area contributed by atoms with E-state index < -0.39 is 0 Å². The molecule has 2 aromatic rings. The van der Waals surface area contributed by atoms with E-state index in [1.54, 1.807) is 18.3 Å². The number of thioether (sulfide) groups is 1. The molecule has 1 aliphatic heterocycles. The third-order valence-electron chi connectivity index (χ3n) is 3.61. The second kappa shape index (κ2) is 7.36. The van der Waals surface area contributed by atoms with Crippen LogP contribution in [0.1, 0.15) is 22.3 Å². The predicted octanol–water partition coefficient (Wildman–Crippen LogP) is 4.29. The van der Waals surface area contributed by atoms with Gasteiger partial charge in [0.1, 0.15) is 6.10 Å². The number of halogens is 1. The standard InChI is InChI=1S/C17H17BrN2O2S/c1-11-8-13(18)3-4-15(11)20-17(21)12-2-5-16(19-9-12)22-14-6-7-23-10-14/h2-5,8-9,14H,6-7,10H2,1H3,(H,20,21)/t14-/m1/s1. The first-order valence-corrected chi connectivity index (χ1v) is 9.34. The van der Waals surface area contributed by atoms with Crippen LogP contribution in [-0.2, 0) is 0 Å². The number of ether oxygens (including phenoxy) is 1. The van der Waals surface area contributed by atoms with E-state index in [1.165, 1.54) is 0 Å². The summed E-state index contributed by atoms with van der Waals surface area (Å²) in [5.41, 5.74) is 2.31. The molecule has 23 heavy (non-hydrogen) atoms. The van der Waals surface area contributed by atoms with Gasteiger partial charge in [-0.15, -0.1) is 0 Å². The van der Waals surface area contributed by atoms with Gasteiger partial charge in [-0.1, -0.05) is 15.9 Å². The Bertz CT molecular complexity index is 700. The number of hydrogen-bond acceptors (Lipinski definition) is 4. The van der Waals surface area contributed by atoms with Gasteiger partial charge in [0.2, 0.25) is 5.88 Å². The maximum atomic E-state index is 12.3. The van der Waals surface area contributed by atoms with Crippen molar-refractivity contribution in [3.63, 3.8) is 0 Å². The monoisotopic (exact) mass is 392 g/mol. The number of benzene rings is 1. The summed E-state index contributed by atoms with van der Waals surface area (Å²) in [6.07, 6.45) is 2.84. The lowest BCUT2D eigenvalue weighted by Crippen LogP contribution is -2.16. The first-order chi connectivity index (χ1) is 11.1. The molecule has 0 bridgehead atoms. The van der Waals surface area contributed by atoms with Crippen molar-refractivity contribution in [3.8, 4) is 5.88 Å². The van der Waals surface area contributed by atoms with Crippen molar-refractivity contribution in [2.75, 3.05) is 16.8 Å². The van der Waals surface area contributed by atoms with Gasteiger partial charge in [0.25, 0.3) is 5.91 Å². The Morgan fingerprint density at radius 2 is 2.26 bits per heavy atom. The highest BCUT2D eigenvalue weighted by molar-refractivity contribution is 9.10. The van der Waals surface area contributed by atoms with Crippen LogP contribution in [0.4, 0.5) is 5.69 Å². The third kappa shape index (κ3) is 4.26. The van der Waals surface area contributed by atoms with Crippen molar-refractivity contribution in [1.29, 1.82) is 0 Å². The number of pyridine rings is 1. The van der Waals surface area contributed by atoms with Crippen molar-refractivity contribution in [2.24, 2.45) is 0 Å². The van der Waals surface area contributed by atoms with Crippen molar-refractivity contribution < 1.29 is 9.53 Å². The Hall–Kier alpha value is -1.53. The predicted molar refractivity (Wildman–Crippen MR) is 97.4 cm³/mol. The molecule has 4 nitrogen and oxygen atoms in total. The molecule has 1 fully saturated rings. The molecule has 1 aliphatic rings. The van der Waals surface area contributed by atoms with E-state index in [9.17, 15) is 4.79 Å². The number of rotatable bonds is 4. The molecule has 1 atom stereocenters. The highest BCUT2D eigenvalue weighted by Gasteiger charge is 2.17. The minimum absolute atomic E-state index is 0.175. The number of carbonyl (C=O) groups is 1. The van der Waals surface area contributed by atoms with E-state index in [0.717, 1.165) is 33.7 Å². The summed E-state index contributed by atoms with van der Waals surface area (Å²) < 4.78 is 6.78. The smallest absolute Gasteiger partial charge is 0.257 e. The Labute approximate surface area is 148 Å². The third-order valence-corrected chi connectivity index (χ3v) is 5.24. The van der Waals surface area contributed by atoms with E-state index >= 15 is 0 Å². The minimum Gasteiger partial charge on any atom is -0.473 e. The van der Waals surface area contributed by atoms with Gasteiger partial charge >= 0.3 is 0 Å². The van der Waals surface area contributed by atoms with E-state index in [1.807, 2.05) is 36.9 Å². The van der Waals surface area contributed by atoms with E-state index in [2.05, 4.69) is 26.2 Å². The molecule has 0 saturated carbocycles. The molecule has 0 radical (unpaired) electrons. The van der Waals surface area contributed by atoms with Crippen LogP contribution < -0.4 is 10.1 Å². The van der Waals surface area contributed by atoms with E-state index in [4.69, 9.17) is 4.74 Å². The normalized spacial score (nSPS) is 17.0. The Morgan fingerprint density at radius 3 is 2.91 bits per heavy atom. The van der Waals surface area contributed by atoms with Crippen LogP contribution >= 0.6 is 27.7 Å². The van der Waals surface area contributed by atoms with Crippen molar-refractivity contribution in [1.82, 2.24) is 4.98 Å². The van der Waals surface area contributed by atoms with Gasteiger partial charge < -0.3 is 10.1 Å². The summed E-state index contributed by atoms with van der Waals surface area (Å²) in [5.74, 6) is 2.55. The molecule has 1 amide bonds. The van der Waals surface area contributed by atoms with E-state index in [-0.39, 0.29) is 12.0 Å². The van der Waals surface area contributed by atoms with Crippen molar-refractivity contribution >= 4 is 39.3 Å². The zero-order valence-corrected chi connectivity index (χ0v) is 15.1. The molecule has 0 aliphatic carbocycles. The van der Waals surface area contributed by atoms with Crippen LogP contribution in [0.5, 0.6) is 5.88 Å². The number of nitrogens with one attached hydrogen (secondary N) is 1. The number of aromatic nitrogens is 1. The molecule has 2 heterocycles. The Balaban J connectivity index is 1.65.